The third kappa shape index (κ3) is 5.37. The van der Waals surface area contributed by atoms with Crippen LogP contribution in [0.5, 0.6) is 0 Å². The van der Waals surface area contributed by atoms with Crippen LogP contribution in [0.1, 0.15) is 11.3 Å². The summed E-state index contributed by atoms with van der Waals surface area (Å²) in [4.78, 5) is 12.4. The molecule has 156 valence electrons. The van der Waals surface area contributed by atoms with E-state index in [0.29, 0.717) is 17.4 Å². The van der Waals surface area contributed by atoms with Crippen molar-refractivity contribution in [1.82, 2.24) is 15.3 Å². The van der Waals surface area contributed by atoms with E-state index in [4.69, 9.17) is 16.6 Å². The SMILES string of the molecule is O=C(Cn1cc(C=NNC(=S)Nc2ccccc2)c2ccccc21)NCc1ccco1. The highest BCUT2D eigenvalue weighted by Gasteiger charge is 2.10. The molecule has 2 aromatic heterocycles. The highest BCUT2D eigenvalue weighted by molar-refractivity contribution is 7.80. The molecule has 0 radical (unpaired) electrons. The fourth-order valence-electron chi connectivity index (χ4n) is 3.16. The molecule has 2 heterocycles. The Morgan fingerprint density at radius 3 is 2.68 bits per heavy atom. The van der Waals surface area contributed by atoms with Gasteiger partial charge in [-0.3, -0.25) is 10.2 Å². The molecule has 0 aliphatic carbocycles. The zero-order chi connectivity index (χ0) is 21.5. The van der Waals surface area contributed by atoms with E-state index in [1.165, 1.54) is 0 Å². The minimum absolute atomic E-state index is 0.105. The van der Waals surface area contributed by atoms with Gasteiger partial charge in [-0.05, 0) is 42.5 Å². The summed E-state index contributed by atoms with van der Waals surface area (Å²) < 4.78 is 7.15. The number of hydrazone groups is 1. The van der Waals surface area contributed by atoms with E-state index >= 15 is 0 Å². The van der Waals surface area contributed by atoms with Crippen LogP contribution in [0.15, 0.2) is 88.7 Å². The maximum Gasteiger partial charge on any atom is 0.240 e. The summed E-state index contributed by atoms with van der Waals surface area (Å²) in [6, 6.07) is 21.1. The van der Waals surface area contributed by atoms with Crippen LogP contribution in [0.4, 0.5) is 5.69 Å². The number of furan rings is 1. The molecule has 8 heteroatoms. The van der Waals surface area contributed by atoms with Crippen molar-refractivity contribution in [2.24, 2.45) is 5.10 Å². The summed E-state index contributed by atoms with van der Waals surface area (Å²) in [6.07, 6.45) is 5.18. The molecule has 0 unspecified atom stereocenters. The molecule has 4 aromatic rings. The first-order valence-corrected chi connectivity index (χ1v) is 10.1. The van der Waals surface area contributed by atoms with Crippen LogP contribution in [-0.4, -0.2) is 21.8 Å². The number of rotatable bonds is 7. The van der Waals surface area contributed by atoms with Crippen molar-refractivity contribution in [2.45, 2.75) is 13.1 Å². The first-order chi connectivity index (χ1) is 15.2. The lowest BCUT2D eigenvalue weighted by molar-refractivity contribution is -0.121. The molecule has 1 amide bonds. The molecule has 7 nitrogen and oxygen atoms in total. The largest absolute Gasteiger partial charge is 0.467 e. The number of carbonyl (C=O) groups is 1. The second-order valence-corrected chi connectivity index (χ2v) is 7.18. The summed E-state index contributed by atoms with van der Waals surface area (Å²) >= 11 is 5.27. The Kier molecular flexibility index (Phi) is 6.39. The number of amides is 1. The third-order valence-electron chi connectivity index (χ3n) is 4.57. The van der Waals surface area contributed by atoms with Gasteiger partial charge in [0.1, 0.15) is 12.3 Å². The number of fused-ring (bicyclic) bond motifs is 1. The van der Waals surface area contributed by atoms with E-state index in [0.717, 1.165) is 22.2 Å². The van der Waals surface area contributed by atoms with Crippen molar-refractivity contribution < 1.29 is 9.21 Å². The first-order valence-electron chi connectivity index (χ1n) is 9.71. The first kappa shape index (κ1) is 20.4. The second kappa shape index (κ2) is 9.73. The zero-order valence-electron chi connectivity index (χ0n) is 16.6. The van der Waals surface area contributed by atoms with Crippen LogP contribution in [0, 0.1) is 0 Å². The summed E-state index contributed by atoms with van der Waals surface area (Å²) in [5.41, 5.74) is 5.53. The highest BCUT2D eigenvalue weighted by atomic mass is 32.1. The van der Waals surface area contributed by atoms with Gasteiger partial charge in [-0.15, -0.1) is 0 Å². The number of para-hydroxylation sites is 2. The van der Waals surface area contributed by atoms with Crippen LogP contribution in [-0.2, 0) is 17.9 Å². The van der Waals surface area contributed by atoms with Gasteiger partial charge < -0.3 is 19.6 Å². The minimum atomic E-state index is -0.105. The quantitative estimate of drug-likeness (QED) is 0.235. The van der Waals surface area contributed by atoms with Crippen molar-refractivity contribution in [3.8, 4) is 0 Å². The number of nitrogens with one attached hydrogen (secondary N) is 3. The summed E-state index contributed by atoms with van der Waals surface area (Å²) in [5, 5.41) is 11.6. The average molecular weight is 432 g/mol. The van der Waals surface area contributed by atoms with E-state index in [1.807, 2.05) is 71.4 Å². The predicted molar refractivity (Wildman–Crippen MR) is 126 cm³/mol. The molecular formula is C23H21N5O2S. The van der Waals surface area contributed by atoms with Gasteiger partial charge in [0.05, 0.1) is 19.0 Å². The van der Waals surface area contributed by atoms with Crippen LogP contribution >= 0.6 is 12.2 Å². The van der Waals surface area contributed by atoms with Gasteiger partial charge in [0, 0.05) is 28.4 Å². The fraction of sp³-hybridized carbons (Fsp3) is 0.0870. The Balaban J connectivity index is 1.41. The monoisotopic (exact) mass is 431 g/mol. The lowest BCUT2D eigenvalue weighted by atomic mass is 10.2. The van der Waals surface area contributed by atoms with Crippen molar-refractivity contribution in [2.75, 3.05) is 5.32 Å². The summed E-state index contributed by atoms with van der Waals surface area (Å²) in [7, 11) is 0. The van der Waals surface area contributed by atoms with E-state index in [-0.39, 0.29) is 12.5 Å². The van der Waals surface area contributed by atoms with Gasteiger partial charge in [-0.2, -0.15) is 5.10 Å². The van der Waals surface area contributed by atoms with Gasteiger partial charge in [0.15, 0.2) is 5.11 Å². The molecular weight excluding hydrogens is 410 g/mol. The van der Waals surface area contributed by atoms with Crippen LogP contribution in [0.2, 0.25) is 0 Å². The molecule has 0 bridgehead atoms. The standard InChI is InChI=1S/C23H21N5O2S/c29-22(24-14-19-9-6-12-30-19)16-28-15-17(20-10-4-5-11-21(20)28)13-25-27-23(31)26-18-7-2-1-3-8-18/h1-13,15H,14,16H2,(H,24,29)(H2,26,27,31). The highest BCUT2D eigenvalue weighted by Crippen LogP contribution is 2.20. The maximum atomic E-state index is 12.4. The van der Waals surface area contributed by atoms with E-state index in [9.17, 15) is 4.79 Å². The number of anilines is 1. The Morgan fingerprint density at radius 2 is 1.87 bits per heavy atom. The number of thiocarbonyl (C=S) groups is 1. The lowest BCUT2D eigenvalue weighted by Crippen LogP contribution is -2.26. The van der Waals surface area contributed by atoms with E-state index in [2.05, 4.69) is 21.2 Å². The van der Waals surface area contributed by atoms with Crippen LogP contribution in [0.25, 0.3) is 10.9 Å². The molecule has 2 aromatic carbocycles. The molecule has 0 fully saturated rings. The number of carbonyl (C=O) groups excluding carboxylic acids is 1. The van der Waals surface area contributed by atoms with Crippen molar-refractivity contribution >= 4 is 46.0 Å². The zero-order valence-corrected chi connectivity index (χ0v) is 17.4. The molecule has 4 rings (SSSR count). The summed E-state index contributed by atoms with van der Waals surface area (Å²) in [6.45, 7) is 0.547. The smallest absolute Gasteiger partial charge is 0.240 e. The molecule has 0 saturated heterocycles. The predicted octanol–water partition coefficient (Wildman–Crippen LogP) is 3.87. The third-order valence-corrected chi connectivity index (χ3v) is 4.77. The van der Waals surface area contributed by atoms with Crippen molar-refractivity contribution in [3.63, 3.8) is 0 Å². The fourth-order valence-corrected chi connectivity index (χ4v) is 3.33. The average Bonchev–Trinajstić information content (AvgIpc) is 3.42. The molecule has 31 heavy (non-hydrogen) atoms. The Hall–Kier alpha value is -3.91. The molecule has 0 spiro atoms. The Labute approximate surface area is 184 Å². The molecule has 0 saturated carbocycles. The van der Waals surface area contributed by atoms with Crippen LogP contribution in [0.3, 0.4) is 0 Å². The number of hydrogen-bond acceptors (Lipinski definition) is 4. The number of aromatic nitrogens is 1. The Morgan fingerprint density at radius 1 is 1.06 bits per heavy atom. The van der Waals surface area contributed by atoms with E-state index in [1.54, 1.807) is 18.5 Å². The summed E-state index contributed by atoms with van der Waals surface area (Å²) in [5.74, 6) is 0.608. The maximum absolute atomic E-state index is 12.4. The second-order valence-electron chi connectivity index (χ2n) is 6.78. The number of benzene rings is 2. The number of nitrogens with zero attached hydrogens (tertiary/aromatic N) is 2. The number of hydrogen-bond donors (Lipinski definition) is 3. The van der Waals surface area contributed by atoms with Crippen molar-refractivity contribution in [3.05, 3.63) is 90.5 Å². The van der Waals surface area contributed by atoms with Gasteiger partial charge in [-0.25, -0.2) is 0 Å². The lowest BCUT2D eigenvalue weighted by Gasteiger charge is -2.06. The van der Waals surface area contributed by atoms with Crippen molar-refractivity contribution in [1.29, 1.82) is 0 Å². The topological polar surface area (TPSA) is 83.6 Å². The van der Waals surface area contributed by atoms with Gasteiger partial charge in [0.2, 0.25) is 5.91 Å². The molecule has 0 atom stereocenters. The molecule has 0 aliphatic heterocycles. The van der Waals surface area contributed by atoms with Crippen LogP contribution < -0.4 is 16.1 Å². The van der Waals surface area contributed by atoms with E-state index < -0.39 is 0 Å². The Bertz CT molecular complexity index is 1200. The van der Waals surface area contributed by atoms with Gasteiger partial charge in [-0.1, -0.05) is 36.4 Å². The minimum Gasteiger partial charge on any atom is -0.467 e. The van der Waals surface area contributed by atoms with Gasteiger partial charge in [0.25, 0.3) is 0 Å². The molecule has 3 N–H and O–H groups in total. The van der Waals surface area contributed by atoms with Gasteiger partial charge >= 0.3 is 0 Å². The molecule has 0 aliphatic rings. The normalized spacial score (nSPS) is 11.0.